The Morgan fingerprint density at radius 3 is 2.52 bits per heavy atom. The van der Waals surface area contributed by atoms with Gasteiger partial charge in [-0.25, -0.2) is 0 Å². The Morgan fingerprint density at radius 1 is 1.24 bits per heavy atom. The average molecular weight is 295 g/mol. The second-order valence-corrected chi connectivity index (χ2v) is 7.05. The van der Waals surface area contributed by atoms with Gasteiger partial charge in [0.1, 0.15) is 0 Å². The molecule has 2 aliphatic heterocycles. The fourth-order valence-corrected chi connectivity index (χ4v) is 3.64. The Kier molecular flexibility index (Phi) is 6.49. The van der Waals surface area contributed by atoms with Gasteiger partial charge in [-0.2, -0.15) is 0 Å². The van der Waals surface area contributed by atoms with Crippen LogP contribution in [0, 0.1) is 0 Å². The van der Waals surface area contributed by atoms with Gasteiger partial charge in [0.25, 0.3) is 0 Å². The number of nitrogens with one attached hydrogen (secondary N) is 1. The number of nitrogens with zero attached hydrogens (tertiary/aromatic N) is 2. The van der Waals surface area contributed by atoms with Crippen LogP contribution < -0.4 is 5.32 Å². The molecular weight excluding hydrogens is 262 g/mol. The molecule has 0 aromatic rings. The predicted octanol–water partition coefficient (Wildman–Crippen LogP) is 2.24. The number of piperidine rings is 2. The lowest BCUT2D eigenvalue weighted by Crippen LogP contribution is -2.47. The van der Waals surface area contributed by atoms with Crippen LogP contribution in [-0.2, 0) is 4.79 Å². The molecule has 2 saturated heterocycles. The third kappa shape index (κ3) is 4.96. The molecule has 0 saturated carbocycles. The van der Waals surface area contributed by atoms with Crippen molar-refractivity contribution in [2.24, 2.45) is 0 Å². The van der Waals surface area contributed by atoms with E-state index >= 15 is 0 Å². The first kappa shape index (κ1) is 16.8. The minimum atomic E-state index is 0.338. The van der Waals surface area contributed by atoms with E-state index in [-0.39, 0.29) is 0 Å². The molecule has 0 radical (unpaired) electrons. The van der Waals surface area contributed by atoms with Gasteiger partial charge in [-0.1, -0.05) is 6.42 Å². The highest BCUT2D eigenvalue weighted by molar-refractivity contribution is 5.76. The second kappa shape index (κ2) is 8.14. The van der Waals surface area contributed by atoms with Gasteiger partial charge in [-0.15, -0.1) is 0 Å². The van der Waals surface area contributed by atoms with E-state index in [4.69, 9.17) is 0 Å². The number of carbonyl (C=O) groups excluding carboxylic acids is 1. The average Bonchev–Trinajstić information content (AvgIpc) is 2.53. The van der Waals surface area contributed by atoms with Crippen LogP contribution in [0.3, 0.4) is 0 Å². The van der Waals surface area contributed by atoms with Crippen molar-refractivity contribution in [3.05, 3.63) is 0 Å². The molecule has 4 nitrogen and oxygen atoms in total. The van der Waals surface area contributed by atoms with E-state index in [0.717, 1.165) is 38.9 Å². The van der Waals surface area contributed by atoms with Crippen molar-refractivity contribution < 1.29 is 4.79 Å². The van der Waals surface area contributed by atoms with Crippen LogP contribution in [-0.4, -0.2) is 60.5 Å². The Bertz CT molecular complexity index is 318. The summed E-state index contributed by atoms with van der Waals surface area (Å²) in [6.07, 6.45) is 7.81. The number of amides is 1. The summed E-state index contributed by atoms with van der Waals surface area (Å²) < 4.78 is 0. The van der Waals surface area contributed by atoms with Gasteiger partial charge in [-0.05, 0) is 52.5 Å². The Labute approximate surface area is 130 Å². The first-order valence-corrected chi connectivity index (χ1v) is 8.81. The van der Waals surface area contributed by atoms with Crippen molar-refractivity contribution in [2.45, 2.75) is 76.9 Å². The van der Waals surface area contributed by atoms with Gasteiger partial charge < -0.3 is 15.1 Å². The van der Waals surface area contributed by atoms with Gasteiger partial charge in [0.2, 0.25) is 5.91 Å². The van der Waals surface area contributed by atoms with Crippen molar-refractivity contribution in [2.75, 3.05) is 26.7 Å². The Morgan fingerprint density at radius 2 is 1.95 bits per heavy atom. The van der Waals surface area contributed by atoms with E-state index in [0.29, 0.717) is 30.5 Å². The van der Waals surface area contributed by atoms with E-state index in [9.17, 15) is 4.79 Å². The summed E-state index contributed by atoms with van der Waals surface area (Å²) >= 11 is 0. The highest BCUT2D eigenvalue weighted by atomic mass is 16.2. The minimum absolute atomic E-state index is 0.338. The quantitative estimate of drug-likeness (QED) is 0.845. The third-order valence-electron chi connectivity index (χ3n) is 5.29. The van der Waals surface area contributed by atoms with Crippen molar-refractivity contribution in [3.8, 4) is 0 Å². The minimum Gasteiger partial charge on any atom is -0.343 e. The smallest absolute Gasteiger partial charge is 0.222 e. The summed E-state index contributed by atoms with van der Waals surface area (Å²) in [6.45, 7) is 7.90. The highest BCUT2D eigenvalue weighted by Gasteiger charge is 2.26. The molecule has 2 aliphatic rings. The van der Waals surface area contributed by atoms with Crippen LogP contribution in [0.5, 0.6) is 0 Å². The van der Waals surface area contributed by atoms with Crippen LogP contribution in [0.25, 0.3) is 0 Å². The first-order chi connectivity index (χ1) is 10.1. The molecule has 1 amide bonds. The van der Waals surface area contributed by atoms with Crippen LogP contribution in [0.1, 0.15) is 58.8 Å². The third-order valence-corrected chi connectivity index (χ3v) is 5.29. The highest BCUT2D eigenvalue weighted by Crippen LogP contribution is 2.19. The van der Waals surface area contributed by atoms with Gasteiger partial charge in [0, 0.05) is 44.7 Å². The number of carbonyl (C=O) groups is 1. The molecule has 0 spiro atoms. The van der Waals surface area contributed by atoms with Crippen molar-refractivity contribution in [3.63, 3.8) is 0 Å². The van der Waals surface area contributed by atoms with E-state index < -0.39 is 0 Å². The van der Waals surface area contributed by atoms with E-state index in [1.165, 1.54) is 19.3 Å². The van der Waals surface area contributed by atoms with Crippen LogP contribution >= 0.6 is 0 Å². The number of rotatable bonds is 5. The van der Waals surface area contributed by atoms with Crippen LogP contribution in [0.4, 0.5) is 0 Å². The lowest BCUT2D eigenvalue weighted by molar-refractivity contribution is -0.133. The molecule has 0 aromatic carbocycles. The molecule has 1 unspecified atom stereocenters. The monoisotopic (exact) mass is 295 g/mol. The molecule has 2 fully saturated rings. The zero-order chi connectivity index (χ0) is 15.2. The summed E-state index contributed by atoms with van der Waals surface area (Å²) in [5.41, 5.74) is 0. The van der Waals surface area contributed by atoms with Crippen LogP contribution in [0.2, 0.25) is 0 Å². The molecule has 4 heteroatoms. The number of likely N-dealkylation sites (tertiary alicyclic amines) is 1. The van der Waals surface area contributed by atoms with Crippen molar-refractivity contribution in [1.29, 1.82) is 0 Å². The Balaban J connectivity index is 1.69. The zero-order valence-electron chi connectivity index (χ0n) is 14.1. The summed E-state index contributed by atoms with van der Waals surface area (Å²) in [5, 5.41) is 3.53. The maximum Gasteiger partial charge on any atom is 0.222 e. The first-order valence-electron chi connectivity index (χ1n) is 8.81. The maximum absolute atomic E-state index is 12.4. The second-order valence-electron chi connectivity index (χ2n) is 7.05. The van der Waals surface area contributed by atoms with Crippen molar-refractivity contribution in [1.82, 2.24) is 15.1 Å². The summed E-state index contributed by atoms with van der Waals surface area (Å²) in [5.74, 6) is 0.338. The molecule has 0 aliphatic carbocycles. The van der Waals surface area contributed by atoms with Gasteiger partial charge in [-0.3, -0.25) is 4.79 Å². The number of hydrogen-bond acceptors (Lipinski definition) is 3. The van der Waals surface area contributed by atoms with E-state index in [1.807, 2.05) is 11.9 Å². The lowest BCUT2D eigenvalue weighted by Gasteiger charge is -2.38. The predicted molar refractivity (Wildman–Crippen MR) is 87.4 cm³/mol. The van der Waals surface area contributed by atoms with Gasteiger partial charge >= 0.3 is 0 Å². The molecule has 2 heterocycles. The van der Waals surface area contributed by atoms with Crippen molar-refractivity contribution >= 4 is 5.91 Å². The topological polar surface area (TPSA) is 35.6 Å². The van der Waals surface area contributed by atoms with E-state index in [2.05, 4.69) is 24.1 Å². The molecule has 1 N–H and O–H groups in total. The fourth-order valence-electron chi connectivity index (χ4n) is 3.64. The van der Waals surface area contributed by atoms with Crippen LogP contribution in [0.15, 0.2) is 0 Å². The van der Waals surface area contributed by atoms with Gasteiger partial charge in [0.15, 0.2) is 0 Å². The molecule has 1 atom stereocenters. The SMILES string of the molecule is CC(C)N1CCC(N(C)C(=O)CCC2CCCCN2)CC1. The molecule has 0 bridgehead atoms. The van der Waals surface area contributed by atoms with Gasteiger partial charge in [0.05, 0.1) is 0 Å². The Hall–Kier alpha value is -0.610. The number of hydrogen-bond donors (Lipinski definition) is 1. The molecule has 122 valence electrons. The normalized spacial score (nSPS) is 25.2. The largest absolute Gasteiger partial charge is 0.343 e. The summed E-state index contributed by atoms with van der Waals surface area (Å²) in [4.78, 5) is 16.9. The standard InChI is InChI=1S/C17H33N3O/c1-14(2)20-12-9-16(10-13-20)19(3)17(21)8-7-15-6-4-5-11-18-15/h14-16,18H,4-13H2,1-3H3. The maximum atomic E-state index is 12.4. The molecule has 2 rings (SSSR count). The summed E-state index contributed by atoms with van der Waals surface area (Å²) in [7, 11) is 2.01. The lowest BCUT2D eigenvalue weighted by atomic mass is 9.99. The fraction of sp³-hybridized carbons (Fsp3) is 0.941. The zero-order valence-corrected chi connectivity index (χ0v) is 14.1. The summed E-state index contributed by atoms with van der Waals surface area (Å²) in [6, 6.07) is 1.65. The molecular formula is C17H33N3O. The molecule has 0 aromatic heterocycles. The van der Waals surface area contributed by atoms with E-state index in [1.54, 1.807) is 0 Å². The molecule has 21 heavy (non-hydrogen) atoms.